The molecular weight excluding hydrogens is 240 g/mol. The standard InChI is InChI=1S/C10H10N4S2/c1-11-10-13-12-9(14(10)2)8-5-7-6(16-8)3-4-15-7/h3-5H,1-2H3,(H,11,13). The fourth-order valence-electron chi connectivity index (χ4n) is 1.64. The van der Waals surface area contributed by atoms with Crippen LogP contribution in [0.1, 0.15) is 0 Å². The molecule has 0 amide bonds. The lowest BCUT2D eigenvalue weighted by Gasteiger charge is -1.99. The first-order valence-corrected chi connectivity index (χ1v) is 6.54. The van der Waals surface area contributed by atoms with Crippen molar-refractivity contribution in [1.82, 2.24) is 14.8 Å². The Morgan fingerprint density at radius 1 is 1.31 bits per heavy atom. The zero-order valence-corrected chi connectivity index (χ0v) is 10.5. The van der Waals surface area contributed by atoms with E-state index in [1.807, 2.05) is 18.7 Å². The van der Waals surface area contributed by atoms with Crippen molar-refractivity contribution in [2.45, 2.75) is 0 Å². The third-order valence-corrected chi connectivity index (χ3v) is 4.55. The van der Waals surface area contributed by atoms with Crippen molar-refractivity contribution in [2.75, 3.05) is 12.4 Å². The summed E-state index contributed by atoms with van der Waals surface area (Å²) in [5.41, 5.74) is 0. The average Bonchev–Trinajstić information content (AvgIpc) is 2.89. The molecule has 0 radical (unpaired) electrons. The number of rotatable bonds is 2. The topological polar surface area (TPSA) is 42.7 Å². The van der Waals surface area contributed by atoms with E-state index < -0.39 is 0 Å². The Labute approximate surface area is 101 Å². The van der Waals surface area contributed by atoms with Crippen molar-refractivity contribution in [3.8, 4) is 10.7 Å². The van der Waals surface area contributed by atoms with E-state index in [0.29, 0.717) is 0 Å². The molecule has 4 nitrogen and oxygen atoms in total. The van der Waals surface area contributed by atoms with Gasteiger partial charge in [0.05, 0.1) is 4.88 Å². The molecule has 82 valence electrons. The molecule has 16 heavy (non-hydrogen) atoms. The van der Waals surface area contributed by atoms with Crippen molar-refractivity contribution < 1.29 is 0 Å². The Bertz CT molecular complexity index is 606. The van der Waals surface area contributed by atoms with Crippen LogP contribution in [0.4, 0.5) is 5.95 Å². The lowest BCUT2D eigenvalue weighted by atomic mass is 10.4. The van der Waals surface area contributed by atoms with Gasteiger partial charge in [-0.2, -0.15) is 0 Å². The van der Waals surface area contributed by atoms with Gasteiger partial charge in [-0.1, -0.05) is 0 Å². The predicted molar refractivity (Wildman–Crippen MR) is 69.2 cm³/mol. The van der Waals surface area contributed by atoms with Gasteiger partial charge in [-0.05, 0) is 17.5 Å². The summed E-state index contributed by atoms with van der Waals surface area (Å²) in [7, 11) is 3.82. The lowest BCUT2D eigenvalue weighted by Crippen LogP contribution is -1.98. The molecule has 0 saturated heterocycles. The van der Waals surface area contributed by atoms with E-state index in [0.717, 1.165) is 11.8 Å². The zero-order chi connectivity index (χ0) is 11.1. The van der Waals surface area contributed by atoms with E-state index in [1.165, 1.54) is 14.3 Å². The van der Waals surface area contributed by atoms with Gasteiger partial charge in [0.25, 0.3) is 0 Å². The molecule has 0 aromatic carbocycles. The molecule has 0 bridgehead atoms. The third kappa shape index (κ3) is 1.34. The third-order valence-electron chi connectivity index (χ3n) is 2.46. The van der Waals surface area contributed by atoms with Gasteiger partial charge in [0.2, 0.25) is 5.95 Å². The van der Waals surface area contributed by atoms with Crippen molar-refractivity contribution >= 4 is 38.0 Å². The van der Waals surface area contributed by atoms with Gasteiger partial charge in [0.1, 0.15) is 0 Å². The van der Waals surface area contributed by atoms with Crippen LogP contribution in [0.2, 0.25) is 0 Å². The molecule has 0 aliphatic carbocycles. The van der Waals surface area contributed by atoms with E-state index in [4.69, 9.17) is 0 Å². The molecule has 3 aromatic heterocycles. The van der Waals surface area contributed by atoms with Gasteiger partial charge in [0.15, 0.2) is 5.82 Å². The minimum absolute atomic E-state index is 0.784. The maximum atomic E-state index is 4.20. The Hall–Kier alpha value is -1.40. The summed E-state index contributed by atoms with van der Waals surface area (Å²) in [5, 5.41) is 13.4. The van der Waals surface area contributed by atoms with Crippen LogP contribution in [-0.4, -0.2) is 21.8 Å². The largest absolute Gasteiger partial charge is 0.357 e. The summed E-state index contributed by atoms with van der Waals surface area (Å²) in [6.45, 7) is 0. The minimum atomic E-state index is 0.784. The van der Waals surface area contributed by atoms with E-state index in [1.54, 1.807) is 22.7 Å². The van der Waals surface area contributed by atoms with Crippen molar-refractivity contribution in [3.63, 3.8) is 0 Å². The van der Waals surface area contributed by atoms with E-state index >= 15 is 0 Å². The lowest BCUT2D eigenvalue weighted by molar-refractivity contribution is 0.928. The normalized spacial score (nSPS) is 11.1. The smallest absolute Gasteiger partial charge is 0.224 e. The summed E-state index contributed by atoms with van der Waals surface area (Å²) in [4.78, 5) is 1.17. The molecule has 0 atom stereocenters. The number of fused-ring (bicyclic) bond motifs is 1. The summed E-state index contributed by atoms with van der Waals surface area (Å²) in [5.74, 6) is 1.70. The molecule has 0 spiro atoms. The summed E-state index contributed by atoms with van der Waals surface area (Å²) in [6, 6.07) is 4.32. The molecule has 1 N–H and O–H groups in total. The predicted octanol–water partition coefficient (Wildman–Crippen LogP) is 2.80. The van der Waals surface area contributed by atoms with Crippen LogP contribution in [0.3, 0.4) is 0 Å². The number of anilines is 1. The molecular formula is C10H10N4S2. The van der Waals surface area contributed by atoms with Gasteiger partial charge in [-0.3, -0.25) is 4.57 Å². The van der Waals surface area contributed by atoms with Crippen LogP contribution in [0, 0.1) is 0 Å². The highest BCUT2D eigenvalue weighted by molar-refractivity contribution is 7.28. The molecule has 0 unspecified atom stereocenters. The van der Waals surface area contributed by atoms with Gasteiger partial charge < -0.3 is 5.32 Å². The molecule has 3 heterocycles. The van der Waals surface area contributed by atoms with Crippen LogP contribution >= 0.6 is 22.7 Å². The number of nitrogens with one attached hydrogen (secondary N) is 1. The SMILES string of the molecule is CNc1nnc(-c2cc3sccc3s2)n1C. The zero-order valence-electron chi connectivity index (χ0n) is 8.89. The first kappa shape index (κ1) is 9.80. The Morgan fingerprint density at radius 2 is 2.19 bits per heavy atom. The van der Waals surface area contributed by atoms with E-state index in [2.05, 4.69) is 33.0 Å². The summed E-state index contributed by atoms with van der Waals surface area (Å²) < 4.78 is 4.60. The second kappa shape index (κ2) is 3.57. The first-order valence-electron chi connectivity index (χ1n) is 4.84. The molecule has 3 rings (SSSR count). The van der Waals surface area contributed by atoms with Crippen LogP contribution in [-0.2, 0) is 7.05 Å². The first-order chi connectivity index (χ1) is 7.79. The van der Waals surface area contributed by atoms with Gasteiger partial charge in [-0.15, -0.1) is 32.9 Å². The second-order valence-electron chi connectivity index (χ2n) is 3.42. The molecule has 0 aliphatic heterocycles. The number of hydrogen-bond donors (Lipinski definition) is 1. The van der Waals surface area contributed by atoms with E-state index in [-0.39, 0.29) is 0 Å². The van der Waals surface area contributed by atoms with Crippen LogP contribution in [0.15, 0.2) is 17.5 Å². The summed E-state index contributed by atoms with van der Waals surface area (Å²) in [6.07, 6.45) is 0. The summed E-state index contributed by atoms with van der Waals surface area (Å²) >= 11 is 3.51. The molecule has 0 aliphatic rings. The molecule has 3 aromatic rings. The quantitative estimate of drug-likeness (QED) is 0.760. The fourth-order valence-corrected chi connectivity index (χ4v) is 3.77. The highest BCUT2D eigenvalue weighted by Gasteiger charge is 2.12. The number of thiophene rings is 2. The van der Waals surface area contributed by atoms with Crippen molar-refractivity contribution in [2.24, 2.45) is 7.05 Å². The minimum Gasteiger partial charge on any atom is -0.357 e. The number of nitrogens with zero attached hydrogens (tertiary/aromatic N) is 3. The van der Waals surface area contributed by atoms with Gasteiger partial charge in [0, 0.05) is 23.5 Å². The van der Waals surface area contributed by atoms with Crippen LogP contribution in [0.5, 0.6) is 0 Å². The second-order valence-corrected chi connectivity index (χ2v) is 5.45. The van der Waals surface area contributed by atoms with Gasteiger partial charge in [-0.25, -0.2) is 0 Å². The monoisotopic (exact) mass is 250 g/mol. The highest BCUT2D eigenvalue weighted by atomic mass is 32.1. The molecule has 0 fully saturated rings. The van der Waals surface area contributed by atoms with Crippen LogP contribution < -0.4 is 5.32 Å². The van der Waals surface area contributed by atoms with Gasteiger partial charge >= 0.3 is 0 Å². The number of aromatic nitrogens is 3. The Kier molecular flexibility index (Phi) is 2.19. The van der Waals surface area contributed by atoms with Crippen molar-refractivity contribution in [1.29, 1.82) is 0 Å². The van der Waals surface area contributed by atoms with E-state index in [9.17, 15) is 0 Å². The molecule has 6 heteroatoms. The Morgan fingerprint density at radius 3 is 2.88 bits per heavy atom. The average molecular weight is 250 g/mol. The fraction of sp³-hybridized carbons (Fsp3) is 0.200. The maximum absolute atomic E-state index is 4.20. The highest BCUT2D eigenvalue weighted by Crippen LogP contribution is 2.35. The van der Waals surface area contributed by atoms with Crippen molar-refractivity contribution in [3.05, 3.63) is 17.5 Å². The maximum Gasteiger partial charge on any atom is 0.224 e. The van der Waals surface area contributed by atoms with Crippen LogP contribution in [0.25, 0.3) is 20.1 Å². The Balaban J connectivity index is 2.15. The molecule has 0 saturated carbocycles. The number of hydrogen-bond acceptors (Lipinski definition) is 5.